The molecule has 0 N–H and O–H groups in total. The molecule has 0 aromatic rings. The van der Waals surface area contributed by atoms with Crippen molar-refractivity contribution in [3.05, 3.63) is 12.2 Å². The van der Waals surface area contributed by atoms with E-state index in [0.717, 1.165) is 19.3 Å². The van der Waals surface area contributed by atoms with Gasteiger partial charge in [0.05, 0.1) is 6.61 Å². The van der Waals surface area contributed by atoms with Crippen LogP contribution in [-0.2, 0) is 9.53 Å². The summed E-state index contributed by atoms with van der Waals surface area (Å²) in [6.45, 7) is 5.20. The number of allylic oxidation sites excluding steroid dienone is 2. The molecular weight excluding hydrogens is 548 g/mol. The molecule has 0 atom stereocenters. The van der Waals surface area contributed by atoms with E-state index in [1.165, 1.54) is 212 Å². The quantitative estimate of drug-likeness (QED) is 0.0383. The molecule has 0 heterocycles. The average molecular weight is 633 g/mol. The molecule has 0 aliphatic rings. The van der Waals surface area contributed by atoms with Gasteiger partial charge in [-0.3, -0.25) is 4.79 Å². The van der Waals surface area contributed by atoms with E-state index in [9.17, 15) is 4.79 Å². The number of esters is 1. The lowest BCUT2D eigenvalue weighted by atomic mass is 10.0. The molecule has 0 radical (unpaired) electrons. The van der Waals surface area contributed by atoms with Crippen molar-refractivity contribution in [3.63, 3.8) is 0 Å². The fourth-order valence-electron chi connectivity index (χ4n) is 6.49. The summed E-state index contributed by atoms with van der Waals surface area (Å²) in [4.78, 5) is 11.9. The summed E-state index contributed by atoms with van der Waals surface area (Å²) in [6.07, 6.45) is 54.5. The Morgan fingerprint density at radius 3 is 0.978 bits per heavy atom. The van der Waals surface area contributed by atoms with Crippen LogP contribution in [0.1, 0.15) is 251 Å². The molecule has 0 aliphatic carbocycles. The van der Waals surface area contributed by atoms with Crippen LogP contribution in [-0.4, -0.2) is 12.6 Å². The zero-order valence-corrected chi connectivity index (χ0v) is 31.3. The van der Waals surface area contributed by atoms with Gasteiger partial charge in [0.25, 0.3) is 0 Å². The number of unbranched alkanes of at least 4 members (excludes halogenated alkanes) is 33. The summed E-state index contributed by atoms with van der Waals surface area (Å²) in [7, 11) is 0. The Morgan fingerprint density at radius 1 is 0.356 bits per heavy atom. The predicted molar refractivity (Wildman–Crippen MR) is 202 cm³/mol. The van der Waals surface area contributed by atoms with Gasteiger partial charge >= 0.3 is 5.97 Å². The van der Waals surface area contributed by atoms with Crippen LogP contribution >= 0.6 is 0 Å². The standard InChI is InChI=1S/C43H84O2/c1-3-5-7-9-11-13-15-17-18-19-20-21-22-23-24-25-26-27-28-30-32-34-36-38-40-42-45-43(44)41-39-37-35-33-31-29-16-14-12-10-8-6-4-2/h14,16H,3-13,15,17-42H2,1-2H3/b16-14-. The van der Waals surface area contributed by atoms with Gasteiger partial charge in [0.15, 0.2) is 0 Å². The minimum atomic E-state index is 0.0188. The van der Waals surface area contributed by atoms with E-state index in [1.54, 1.807) is 0 Å². The Morgan fingerprint density at radius 2 is 0.622 bits per heavy atom. The van der Waals surface area contributed by atoms with Crippen molar-refractivity contribution in [2.24, 2.45) is 0 Å². The molecule has 0 unspecified atom stereocenters. The highest BCUT2D eigenvalue weighted by molar-refractivity contribution is 5.69. The first-order valence-electron chi connectivity index (χ1n) is 21.1. The topological polar surface area (TPSA) is 26.3 Å². The molecular formula is C43H84O2. The fraction of sp³-hybridized carbons (Fsp3) is 0.930. The van der Waals surface area contributed by atoms with E-state index in [0.29, 0.717) is 13.0 Å². The Kier molecular flexibility index (Phi) is 40.5. The lowest BCUT2D eigenvalue weighted by Crippen LogP contribution is -2.05. The maximum absolute atomic E-state index is 11.9. The van der Waals surface area contributed by atoms with Gasteiger partial charge in [-0.2, -0.15) is 0 Å². The molecule has 0 rings (SSSR count). The first-order valence-corrected chi connectivity index (χ1v) is 21.1. The Bertz CT molecular complexity index is 568. The number of hydrogen-bond acceptors (Lipinski definition) is 2. The average Bonchev–Trinajstić information content (AvgIpc) is 3.05. The second-order valence-electron chi connectivity index (χ2n) is 14.3. The zero-order valence-electron chi connectivity index (χ0n) is 31.3. The maximum atomic E-state index is 11.9. The van der Waals surface area contributed by atoms with Crippen molar-refractivity contribution in [2.75, 3.05) is 6.61 Å². The molecule has 0 aromatic carbocycles. The summed E-state index contributed by atoms with van der Waals surface area (Å²) in [5.41, 5.74) is 0. The maximum Gasteiger partial charge on any atom is 0.305 e. The van der Waals surface area contributed by atoms with Crippen LogP contribution in [0.15, 0.2) is 12.2 Å². The Hall–Kier alpha value is -0.790. The molecule has 0 saturated carbocycles. The van der Waals surface area contributed by atoms with Crippen molar-refractivity contribution in [1.82, 2.24) is 0 Å². The molecule has 2 heteroatoms. The van der Waals surface area contributed by atoms with E-state index in [2.05, 4.69) is 26.0 Å². The van der Waals surface area contributed by atoms with Gasteiger partial charge in [-0.15, -0.1) is 0 Å². The van der Waals surface area contributed by atoms with Crippen molar-refractivity contribution in [3.8, 4) is 0 Å². The monoisotopic (exact) mass is 633 g/mol. The van der Waals surface area contributed by atoms with Gasteiger partial charge in [-0.25, -0.2) is 0 Å². The first-order chi connectivity index (χ1) is 22.3. The van der Waals surface area contributed by atoms with Gasteiger partial charge in [-0.1, -0.05) is 219 Å². The molecule has 0 bridgehead atoms. The van der Waals surface area contributed by atoms with Crippen LogP contribution in [0, 0.1) is 0 Å². The number of carbonyl (C=O) groups is 1. The van der Waals surface area contributed by atoms with Gasteiger partial charge in [0.1, 0.15) is 0 Å². The Balaban J connectivity index is 3.15. The van der Waals surface area contributed by atoms with Gasteiger partial charge < -0.3 is 4.74 Å². The summed E-state index contributed by atoms with van der Waals surface area (Å²) < 4.78 is 5.45. The molecule has 268 valence electrons. The van der Waals surface area contributed by atoms with Gasteiger partial charge in [0, 0.05) is 6.42 Å². The lowest BCUT2D eigenvalue weighted by Gasteiger charge is -2.06. The third-order valence-electron chi connectivity index (χ3n) is 9.65. The number of rotatable bonds is 39. The normalized spacial score (nSPS) is 11.6. The molecule has 0 amide bonds. The van der Waals surface area contributed by atoms with Crippen molar-refractivity contribution < 1.29 is 9.53 Å². The Labute approximate surface area is 285 Å². The highest BCUT2D eigenvalue weighted by Gasteiger charge is 2.02. The van der Waals surface area contributed by atoms with Crippen molar-refractivity contribution in [1.29, 1.82) is 0 Å². The van der Waals surface area contributed by atoms with Crippen LogP contribution < -0.4 is 0 Å². The van der Waals surface area contributed by atoms with Crippen LogP contribution in [0.3, 0.4) is 0 Å². The highest BCUT2D eigenvalue weighted by Crippen LogP contribution is 2.16. The first kappa shape index (κ1) is 44.2. The molecule has 2 nitrogen and oxygen atoms in total. The second-order valence-corrected chi connectivity index (χ2v) is 14.3. The number of hydrogen-bond donors (Lipinski definition) is 0. The van der Waals surface area contributed by atoms with Crippen LogP contribution in [0.2, 0.25) is 0 Å². The molecule has 0 saturated heterocycles. The van der Waals surface area contributed by atoms with Crippen molar-refractivity contribution >= 4 is 5.97 Å². The number of carbonyl (C=O) groups excluding carboxylic acids is 1. The van der Waals surface area contributed by atoms with E-state index in [4.69, 9.17) is 4.74 Å². The van der Waals surface area contributed by atoms with E-state index in [-0.39, 0.29) is 5.97 Å². The molecule has 0 fully saturated rings. The van der Waals surface area contributed by atoms with E-state index in [1.807, 2.05) is 0 Å². The van der Waals surface area contributed by atoms with Crippen LogP contribution in [0.5, 0.6) is 0 Å². The summed E-state index contributed by atoms with van der Waals surface area (Å²) >= 11 is 0. The lowest BCUT2D eigenvalue weighted by molar-refractivity contribution is -0.143. The minimum Gasteiger partial charge on any atom is -0.466 e. The molecule has 0 aromatic heterocycles. The van der Waals surface area contributed by atoms with Crippen molar-refractivity contribution in [2.45, 2.75) is 251 Å². The third kappa shape index (κ3) is 41.2. The SMILES string of the molecule is CCCCCC/C=C\CCCCCCCC(=O)OCCCCCCCCCCCCCCCCCCCCCCCCCCC. The smallest absolute Gasteiger partial charge is 0.305 e. The summed E-state index contributed by atoms with van der Waals surface area (Å²) in [5, 5.41) is 0. The number of ether oxygens (including phenoxy) is 1. The van der Waals surface area contributed by atoms with Gasteiger partial charge in [0.2, 0.25) is 0 Å². The summed E-state index contributed by atoms with van der Waals surface area (Å²) in [6, 6.07) is 0. The summed E-state index contributed by atoms with van der Waals surface area (Å²) in [5.74, 6) is 0.0188. The largest absolute Gasteiger partial charge is 0.466 e. The fourth-order valence-corrected chi connectivity index (χ4v) is 6.49. The second kappa shape index (κ2) is 41.2. The van der Waals surface area contributed by atoms with Crippen LogP contribution in [0.25, 0.3) is 0 Å². The molecule has 0 spiro atoms. The third-order valence-corrected chi connectivity index (χ3v) is 9.65. The minimum absolute atomic E-state index is 0.0188. The van der Waals surface area contributed by atoms with Crippen LogP contribution in [0.4, 0.5) is 0 Å². The highest BCUT2D eigenvalue weighted by atomic mass is 16.5. The predicted octanol–water partition coefficient (Wildman–Crippen LogP) is 15.6. The molecule has 45 heavy (non-hydrogen) atoms. The van der Waals surface area contributed by atoms with E-state index >= 15 is 0 Å². The van der Waals surface area contributed by atoms with E-state index < -0.39 is 0 Å². The zero-order chi connectivity index (χ0) is 32.6. The molecule has 0 aliphatic heterocycles. The van der Waals surface area contributed by atoms with Gasteiger partial charge in [-0.05, 0) is 38.5 Å².